The molecular formula is C15H13NO2. The third kappa shape index (κ3) is 1.74. The Morgan fingerprint density at radius 2 is 1.83 bits per heavy atom. The van der Waals surface area contributed by atoms with Crippen molar-refractivity contribution in [2.75, 3.05) is 12.3 Å². The number of hydrogen-bond donors (Lipinski definition) is 1. The standard InChI is InChI=1S/C15H13NO2/c16-11-7-5-10(6-8-11)15(17)13-9-18-14-4-2-1-3-12(13)14/h1-8,13H,9,16H2. The van der Waals surface area contributed by atoms with Gasteiger partial charge in [0, 0.05) is 16.8 Å². The SMILES string of the molecule is Nc1ccc(C(=O)C2COc3ccccc32)cc1. The molecule has 0 aliphatic carbocycles. The predicted molar refractivity (Wildman–Crippen MR) is 69.9 cm³/mol. The van der Waals surface area contributed by atoms with Crippen LogP contribution in [0, 0.1) is 0 Å². The van der Waals surface area contributed by atoms with Gasteiger partial charge in [0.2, 0.25) is 0 Å². The van der Waals surface area contributed by atoms with Gasteiger partial charge in [-0.15, -0.1) is 0 Å². The second kappa shape index (κ2) is 4.18. The number of carbonyl (C=O) groups excluding carboxylic acids is 1. The Morgan fingerprint density at radius 3 is 2.61 bits per heavy atom. The molecule has 0 saturated heterocycles. The number of carbonyl (C=O) groups is 1. The highest BCUT2D eigenvalue weighted by Crippen LogP contribution is 2.35. The summed E-state index contributed by atoms with van der Waals surface area (Å²) in [4.78, 5) is 12.4. The summed E-state index contributed by atoms with van der Waals surface area (Å²) in [6.07, 6.45) is 0. The first-order valence-electron chi connectivity index (χ1n) is 5.87. The minimum absolute atomic E-state index is 0.0833. The molecule has 0 amide bonds. The van der Waals surface area contributed by atoms with Gasteiger partial charge in [-0.2, -0.15) is 0 Å². The summed E-state index contributed by atoms with van der Waals surface area (Å²) in [5.41, 5.74) is 7.93. The molecule has 1 heterocycles. The third-order valence-corrected chi connectivity index (χ3v) is 3.21. The van der Waals surface area contributed by atoms with Crippen LogP contribution in [0.15, 0.2) is 48.5 Å². The zero-order chi connectivity index (χ0) is 12.5. The maximum Gasteiger partial charge on any atom is 0.173 e. The van der Waals surface area contributed by atoms with Gasteiger partial charge in [0.25, 0.3) is 0 Å². The highest BCUT2D eigenvalue weighted by Gasteiger charge is 2.30. The molecule has 3 heteroatoms. The molecule has 1 atom stereocenters. The monoisotopic (exact) mass is 239 g/mol. The molecule has 0 radical (unpaired) electrons. The highest BCUT2D eigenvalue weighted by molar-refractivity contribution is 6.02. The van der Waals surface area contributed by atoms with Crippen LogP contribution >= 0.6 is 0 Å². The molecule has 0 saturated carbocycles. The number of ether oxygens (including phenoxy) is 1. The van der Waals surface area contributed by atoms with E-state index < -0.39 is 0 Å². The van der Waals surface area contributed by atoms with Crippen molar-refractivity contribution in [1.82, 2.24) is 0 Å². The first-order valence-corrected chi connectivity index (χ1v) is 5.87. The van der Waals surface area contributed by atoms with Crippen LogP contribution < -0.4 is 10.5 Å². The Bertz CT molecular complexity index is 590. The van der Waals surface area contributed by atoms with Crippen molar-refractivity contribution in [2.45, 2.75) is 5.92 Å². The Morgan fingerprint density at radius 1 is 1.11 bits per heavy atom. The first-order chi connectivity index (χ1) is 8.75. The molecule has 3 rings (SSSR count). The van der Waals surface area contributed by atoms with Crippen LogP contribution in [0.25, 0.3) is 0 Å². The molecule has 2 aromatic carbocycles. The van der Waals surface area contributed by atoms with E-state index in [0.29, 0.717) is 17.9 Å². The fourth-order valence-electron chi connectivity index (χ4n) is 2.23. The van der Waals surface area contributed by atoms with Gasteiger partial charge in [-0.3, -0.25) is 4.79 Å². The Kier molecular flexibility index (Phi) is 2.52. The van der Waals surface area contributed by atoms with Crippen molar-refractivity contribution < 1.29 is 9.53 Å². The average molecular weight is 239 g/mol. The molecule has 0 spiro atoms. The second-order valence-corrected chi connectivity index (χ2v) is 4.39. The van der Waals surface area contributed by atoms with Crippen LogP contribution in [-0.2, 0) is 0 Å². The summed E-state index contributed by atoms with van der Waals surface area (Å²) >= 11 is 0. The van der Waals surface area contributed by atoms with Gasteiger partial charge < -0.3 is 10.5 Å². The van der Waals surface area contributed by atoms with Gasteiger partial charge in [-0.25, -0.2) is 0 Å². The summed E-state index contributed by atoms with van der Waals surface area (Å²) < 4.78 is 5.53. The molecule has 2 aromatic rings. The van der Waals surface area contributed by atoms with Gasteiger partial charge >= 0.3 is 0 Å². The van der Waals surface area contributed by atoms with E-state index in [1.807, 2.05) is 24.3 Å². The van der Waals surface area contributed by atoms with E-state index in [9.17, 15) is 4.79 Å². The molecule has 3 nitrogen and oxygen atoms in total. The zero-order valence-electron chi connectivity index (χ0n) is 9.80. The summed E-state index contributed by atoms with van der Waals surface area (Å²) in [6, 6.07) is 14.7. The van der Waals surface area contributed by atoms with Crippen LogP contribution in [0.1, 0.15) is 21.8 Å². The predicted octanol–water partition coefficient (Wildman–Crippen LogP) is 2.63. The van der Waals surface area contributed by atoms with Crippen molar-refractivity contribution in [1.29, 1.82) is 0 Å². The smallest absolute Gasteiger partial charge is 0.173 e. The lowest BCUT2D eigenvalue weighted by Gasteiger charge is -2.08. The normalized spacial score (nSPS) is 17.0. The van der Waals surface area contributed by atoms with E-state index in [1.165, 1.54) is 0 Å². The van der Waals surface area contributed by atoms with Gasteiger partial charge in [0.15, 0.2) is 5.78 Å². The van der Waals surface area contributed by atoms with Crippen molar-refractivity contribution >= 4 is 11.5 Å². The van der Waals surface area contributed by atoms with Crippen molar-refractivity contribution in [2.24, 2.45) is 0 Å². The van der Waals surface area contributed by atoms with Crippen LogP contribution in [0.3, 0.4) is 0 Å². The summed E-state index contributed by atoms with van der Waals surface area (Å²) in [7, 11) is 0. The molecule has 2 N–H and O–H groups in total. The fraction of sp³-hybridized carbons (Fsp3) is 0.133. The summed E-state index contributed by atoms with van der Waals surface area (Å²) in [6.45, 7) is 0.419. The maximum absolute atomic E-state index is 12.4. The lowest BCUT2D eigenvalue weighted by molar-refractivity contribution is 0.0947. The van der Waals surface area contributed by atoms with Crippen molar-refractivity contribution in [3.05, 3.63) is 59.7 Å². The number of Topliss-reactive ketones (excluding diaryl/α,β-unsaturated/α-hetero) is 1. The van der Waals surface area contributed by atoms with Gasteiger partial charge in [0.05, 0.1) is 5.92 Å². The largest absolute Gasteiger partial charge is 0.492 e. The van der Waals surface area contributed by atoms with E-state index >= 15 is 0 Å². The number of ketones is 1. The molecule has 0 aromatic heterocycles. The van der Waals surface area contributed by atoms with Crippen LogP contribution in [0.4, 0.5) is 5.69 Å². The van der Waals surface area contributed by atoms with Gasteiger partial charge in [0.1, 0.15) is 12.4 Å². The number of anilines is 1. The fourth-order valence-corrected chi connectivity index (χ4v) is 2.23. The van der Waals surface area contributed by atoms with Crippen molar-refractivity contribution in [3.63, 3.8) is 0 Å². The minimum atomic E-state index is -0.204. The number of nitrogens with two attached hydrogens (primary N) is 1. The van der Waals surface area contributed by atoms with E-state index in [2.05, 4.69) is 0 Å². The maximum atomic E-state index is 12.4. The number of para-hydroxylation sites is 1. The summed E-state index contributed by atoms with van der Waals surface area (Å²) in [5, 5.41) is 0. The van der Waals surface area contributed by atoms with Crippen LogP contribution in [0.2, 0.25) is 0 Å². The highest BCUT2D eigenvalue weighted by atomic mass is 16.5. The average Bonchev–Trinajstić information content (AvgIpc) is 2.82. The third-order valence-electron chi connectivity index (χ3n) is 3.21. The Hall–Kier alpha value is -2.29. The number of rotatable bonds is 2. The molecule has 0 bridgehead atoms. The molecule has 90 valence electrons. The molecule has 0 fully saturated rings. The van der Waals surface area contributed by atoms with Crippen LogP contribution in [-0.4, -0.2) is 12.4 Å². The topological polar surface area (TPSA) is 52.3 Å². The summed E-state index contributed by atoms with van der Waals surface area (Å²) in [5.74, 6) is 0.691. The lowest BCUT2D eigenvalue weighted by Crippen LogP contribution is -2.14. The number of fused-ring (bicyclic) bond motifs is 1. The van der Waals surface area contributed by atoms with E-state index in [0.717, 1.165) is 11.3 Å². The number of benzene rings is 2. The Balaban J connectivity index is 1.93. The lowest BCUT2D eigenvalue weighted by atomic mass is 9.92. The van der Waals surface area contributed by atoms with Gasteiger partial charge in [-0.05, 0) is 30.3 Å². The van der Waals surface area contributed by atoms with E-state index in [-0.39, 0.29) is 11.7 Å². The quantitative estimate of drug-likeness (QED) is 0.647. The number of hydrogen-bond acceptors (Lipinski definition) is 3. The van der Waals surface area contributed by atoms with E-state index in [1.54, 1.807) is 24.3 Å². The molecule has 1 aliphatic rings. The first kappa shape index (κ1) is 10.8. The van der Waals surface area contributed by atoms with Crippen molar-refractivity contribution in [3.8, 4) is 5.75 Å². The second-order valence-electron chi connectivity index (χ2n) is 4.39. The Labute approximate surface area is 105 Å². The van der Waals surface area contributed by atoms with Gasteiger partial charge in [-0.1, -0.05) is 18.2 Å². The molecule has 1 unspecified atom stereocenters. The molecule has 1 aliphatic heterocycles. The number of nitrogen functional groups attached to an aromatic ring is 1. The molecular weight excluding hydrogens is 226 g/mol. The van der Waals surface area contributed by atoms with Crippen LogP contribution in [0.5, 0.6) is 5.75 Å². The zero-order valence-corrected chi connectivity index (χ0v) is 9.80. The minimum Gasteiger partial charge on any atom is -0.492 e. The molecule has 18 heavy (non-hydrogen) atoms. The van der Waals surface area contributed by atoms with E-state index in [4.69, 9.17) is 10.5 Å².